The van der Waals surface area contributed by atoms with Gasteiger partial charge in [0.25, 0.3) is 0 Å². The number of nitrogens with one attached hydrogen (secondary N) is 3. The Hall–Kier alpha value is -4.37. The van der Waals surface area contributed by atoms with Crippen molar-refractivity contribution in [1.29, 1.82) is 0 Å². The minimum absolute atomic E-state index is 0. The number of rotatable bonds is 22. The third kappa shape index (κ3) is 21.0. The van der Waals surface area contributed by atoms with Gasteiger partial charge in [0.05, 0.1) is 72.9 Å². The second kappa shape index (κ2) is 33.2. The number of hydrogen-bond acceptors (Lipinski definition) is 28. The number of benzene rings is 7. The summed E-state index contributed by atoms with van der Waals surface area (Å²) in [4.78, 5) is 13.5. The SMILES string of the molecule is Cc1cc(Nc2nc(Nc3ccccc3)nc(Nc3ccc(N=Nc4ccc(N=Nc5ccc(SOO[O-])cc5)cc4S(=O)(=O)[O-])c(C)c3)n2)ccc1N=Nc1ccc(N=Nc2ccc(S(=O)(=O)[O-])cc2)cc1SOO[O-].[Na+].[Na+].[Na+].[Na+]. The predicted molar refractivity (Wildman–Crippen MR) is 273 cm³/mol. The molecule has 0 aliphatic carbocycles. The van der Waals surface area contributed by atoms with Crippen molar-refractivity contribution < 1.29 is 173 Å². The summed E-state index contributed by atoms with van der Waals surface area (Å²) < 4.78 is 79.5. The molecule has 7 aromatic carbocycles. The Balaban J connectivity index is 0.00000353. The van der Waals surface area contributed by atoms with E-state index < -0.39 is 30.0 Å². The molecule has 0 unspecified atom stereocenters. The smallest absolute Gasteiger partial charge is 0.744 e. The van der Waals surface area contributed by atoms with Gasteiger partial charge in [0.1, 0.15) is 31.6 Å². The summed E-state index contributed by atoms with van der Waals surface area (Å²) in [7, 11) is -9.65. The Bertz CT molecular complexity index is 3780. The van der Waals surface area contributed by atoms with Crippen molar-refractivity contribution in [1.82, 2.24) is 15.0 Å². The Morgan fingerprint density at radius 2 is 0.852 bits per heavy atom. The van der Waals surface area contributed by atoms with Crippen LogP contribution in [0.5, 0.6) is 0 Å². The maximum Gasteiger partial charge on any atom is 1.00 e. The maximum atomic E-state index is 12.3. The van der Waals surface area contributed by atoms with Crippen molar-refractivity contribution in [3.05, 3.63) is 163 Å². The summed E-state index contributed by atoms with van der Waals surface area (Å²) in [5.74, 6) is 0.508. The summed E-state index contributed by atoms with van der Waals surface area (Å²) in [6, 6.07) is 39.1. The molecule has 0 spiro atoms. The van der Waals surface area contributed by atoms with E-state index in [0.717, 1.165) is 18.2 Å². The van der Waals surface area contributed by atoms with E-state index in [1.165, 1.54) is 30.3 Å². The molecule has 3 N–H and O–H groups in total. The first-order valence-corrected chi connectivity index (χ1v) is 26.1. The van der Waals surface area contributed by atoms with Crippen LogP contribution in [0.2, 0.25) is 0 Å². The topological polar surface area (TPSA) is 371 Å². The van der Waals surface area contributed by atoms with Gasteiger partial charge in [0, 0.05) is 22.0 Å². The van der Waals surface area contributed by atoms with Crippen LogP contribution in [0, 0.1) is 13.8 Å². The first kappa shape index (κ1) is 69.1. The fourth-order valence-corrected chi connectivity index (χ4v) is 8.42. The number of aryl methyl sites for hydroxylation is 2. The van der Waals surface area contributed by atoms with Gasteiger partial charge in [-0.1, -0.05) is 18.2 Å². The third-order valence-corrected chi connectivity index (χ3v) is 13.0. The van der Waals surface area contributed by atoms with Crippen LogP contribution in [-0.2, 0) is 39.0 Å². The maximum absolute atomic E-state index is 12.3. The minimum atomic E-state index is -5.03. The average molecular weight is 1210 g/mol. The fourth-order valence-electron chi connectivity index (χ4n) is 6.50. The van der Waals surface area contributed by atoms with Crippen LogP contribution in [0.15, 0.2) is 212 Å². The van der Waals surface area contributed by atoms with Gasteiger partial charge in [-0.15, -0.1) is 10.2 Å². The first-order valence-electron chi connectivity index (χ1n) is 21.8. The van der Waals surface area contributed by atoms with E-state index in [1.807, 2.05) is 37.3 Å². The van der Waals surface area contributed by atoms with Crippen LogP contribution in [0.3, 0.4) is 0 Å². The van der Waals surface area contributed by atoms with Crippen molar-refractivity contribution in [2.45, 2.75) is 33.4 Å². The number of nitrogens with zero attached hydrogens (tertiary/aromatic N) is 11. The van der Waals surface area contributed by atoms with E-state index in [0.29, 0.717) is 79.9 Å². The van der Waals surface area contributed by atoms with E-state index in [9.17, 15) is 36.5 Å². The summed E-state index contributed by atoms with van der Waals surface area (Å²) in [6.45, 7) is 3.56. The molecule has 8 aromatic rings. The molecule has 0 saturated heterocycles. The summed E-state index contributed by atoms with van der Waals surface area (Å²) in [6.07, 6.45) is 0. The number of para-hydroxylation sites is 1. The van der Waals surface area contributed by atoms with Crippen LogP contribution >= 0.6 is 24.1 Å². The molecular weight excluding hydrogens is 1170 g/mol. The molecule has 81 heavy (non-hydrogen) atoms. The Kier molecular flexibility index (Phi) is 28.3. The van der Waals surface area contributed by atoms with Crippen molar-refractivity contribution in [3.63, 3.8) is 0 Å². The van der Waals surface area contributed by atoms with E-state index in [-0.39, 0.29) is 164 Å². The number of azo groups is 4. The zero-order chi connectivity index (χ0) is 54.4. The molecule has 0 radical (unpaired) electrons. The molecule has 392 valence electrons. The van der Waals surface area contributed by atoms with Crippen molar-refractivity contribution in [2.75, 3.05) is 16.0 Å². The molecule has 0 bridgehead atoms. The molecule has 0 saturated carbocycles. The van der Waals surface area contributed by atoms with E-state index in [4.69, 9.17) is 0 Å². The minimum Gasteiger partial charge on any atom is -0.744 e. The monoisotopic (exact) mass is 1210 g/mol. The van der Waals surface area contributed by atoms with Gasteiger partial charge < -0.3 is 35.6 Å². The molecule has 8 rings (SSSR count). The normalized spacial score (nSPS) is 11.5. The molecule has 0 amide bonds. The number of aromatic nitrogens is 3. The quantitative estimate of drug-likeness (QED) is 0.0195. The summed E-state index contributed by atoms with van der Waals surface area (Å²) in [5.41, 5.74) is 5.07. The van der Waals surface area contributed by atoms with Gasteiger partial charge in [-0.25, -0.2) is 16.8 Å². The summed E-state index contributed by atoms with van der Waals surface area (Å²) in [5, 5.41) is 70.5. The predicted octanol–water partition coefficient (Wildman–Crippen LogP) is -0.334. The van der Waals surface area contributed by atoms with Gasteiger partial charge >= 0.3 is 118 Å². The Morgan fingerprint density at radius 3 is 1.35 bits per heavy atom. The van der Waals surface area contributed by atoms with Crippen molar-refractivity contribution in [3.8, 4) is 0 Å². The zero-order valence-electron chi connectivity index (χ0n) is 43.4. The van der Waals surface area contributed by atoms with E-state index >= 15 is 0 Å². The van der Waals surface area contributed by atoms with Crippen molar-refractivity contribution >= 4 is 125 Å². The fraction of sp³-hybridized carbons (Fsp3) is 0.0426. The van der Waals surface area contributed by atoms with Gasteiger partial charge in [-0.3, -0.25) is 10.1 Å². The molecule has 0 fully saturated rings. The van der Waals surface area contributed by atoms with Gasteiger partial charge in [-0.2, -0.15) is 54.3 Å². The second-order valence-electron chi connectivity index (χ2n) is 15.5. The van der Waals surface area contributed by atoms with Crippen LogP contribution in [0.25, 0.3) is 0 Å². The molecule has 1 heterocycles. The van der Waals surface area contributed by atoms with Gasteiger partial charge in [-0.05, 0) is 158 Å². The van der Waals surface area contributed by atoms with Crippen LogP contribution in [0.1, 0.15) is 11.1 Å². The van der Waals surface area contributed by atoms with E-state index in [1.54, 1.807) is 79.7 Å². The van der Waals surface area contributed by atoms with Crippen LogP contribution < -0.4 is 145 Å². The van der Waals surface area contributed by atoms with Gasteiger partial charge in [0.2, 0.25) is 17.8 Å². The standard InChI is InChI=1S/C47H38N14O12S4.4Na/c1-28-24-33(12-20-39(28)58-60-41-22-14-35(26-43(41)75-73-71-63)56-55-32-10-18-38(19-11-32)76(64,65)66)49-46-51-45(48-30-6-4-3-5-7-30)52-47(53-46)50-34-13-21-40(29(2)25-34)59-61-42-23-15-36(27-44(42)77(67,68)69)57-54-31-8-16-37(17-9-31)74-72-70-62;;;;/h3-27,62-63H,1-2H3,(H,64,65,66)(H,67,68,69)(H3,48,49,50,51,52,53);;;;/q;4*+1/p-4. The second-order valence-corrected chi connectivity index (χ2v) is 19.7. The molecule has 34 heteroatoms. The molecule has 0 aliphatic rings. The molecular formula is C47H34N14Na4O12S4. The molecule has 26 nitrogen and oxygen atoms in total. The van der Waals surface area contributed by atoms with E-state index in [2.05, 4.69) is 90.6 Å². The first-order chi connectivity index (χ1) is 37.1. The van der Waals surface area contributed by atoms with Crippen LogP contribution in [-0.4, -0.2) is 40.9 Å². The third-order valence-electron chi connectivity index (χ3n) is 10.1. The van der Waals surface area contributed by atoms with Crippen LogP contribution in [0.4, 0.5) is 80.4 Å². The average Bonchev–Trinajstić information content (AvgIpc) is 3.40. The Morgan fingerprint density at radius 1 is 0.432 bits per heavy atom. The molecule has 0 atom stereocenters. The van der Waals surface area contributed by atoms with Gasteiger partial charge in [0.15, 0.2) is 0 Å². The largest absolute Gasteiger partial charge is 1.00 e. The molecule has 0 aliphatic heterocycles. The number of anilines is 6. The number of hydrogen-bond donors (Lipinski definition) is 3. The summed E-state index contributed by atoms with van der Waals surface area (Å²) >= 11 is 1.25. The Labute approximate surface area is 559 Å². The molecule has 1 aromatic heterocycles. The van der Waals surface area contributed by atoms with Crippen molar-refractivity contribution in [2.24, 2.45) is 40.9 Å². The zero-order valence-corrected chi connectivity index (χ0v) is 54.7.